The van der Waals surface area contributed by atoms with Gasteiger partial charge in [-0.3, -0.25) is 0 Å². The van der Waals surface area contributed by atoms with Gasteiger partial charge in [-0.25, -0.2) is 0 Å². The molecule has 0 spiro atoms. The van der Waals surface area contributed by atoms with E-state index in [9.17, 15) is 0 Å². The fraction of sp³-hybridized carbons (Fsp3) is 0.273. The Morgan fingerprint density at radius 1 is 1.31 bits per heavy atom. The van der Waals surface area contributed by atoms with Crippen LogP contribution in [0.1, 0.15) is 12.0 Å². The van der Waals surface area contributed by atoms with Gasteiger partial charge in [0.25, 0.3) is 0 Å². The van der Waals surface area contributed by atoms with Gasteiger partial charge in [0.05, 0.1) is 0 Å². The second-order valence-electron chi connectivity index (χ2n) is 2.88. The van der Waals surface area contributed by atoms with Crippen molar-refractivity contribution in [3.05, 3.63) is 47.0 Å². The monoisotopic (exact) mass is 195 g/mol. The van der Waals surface area contributed by atoms with Crippen molar-refractivity contribution in [2.75, 3.05) is 6.54 Å². The molecule has 0 unspecified atom stereocenters. The third kappa shape index (κ3) is 4.11. The molecule has 0 radical (unpaired) electrons. The van der Waals surface area contributed by atoms with E-state index in [0.29, 0.717) is 6.54 Å². The maximum Gasteiger partial charge on any atom is 0.0408 e. The maximum atomic E-state index is 5.84. The largest absolute Gasteiger partial charge is 0.330 e. The molecule has 0 atom stereocenters. The van der Waals surface area contributed by atoms with Crippen LogP contribution < -0.4 is 5.73 Å². The highest BCUT2D eigenvalue weighted by molar-refractivity contribution is 6.30. The van der Waals surface area contributed by atoms with E-state index in [-0.39, 0.29) is 0 Å². The first-order valence-electron chi connectivity index (χ1n) is 4.42. The van der Waals surface area contributed by atoms with E-state index in [1.54, 1.807) is 0 Å². The van der Waals surface area contributed by atoms with Crippen molar-refractivity contribution < 1.29 is 0 Å². The number of rotatable bonds is 4. The first-order valence-corrected chi connectivity index (χ1v) is 4.80. The van der Waals surface area contributed by atoms with Gasteiger partial charge in [0.1, 0.15) is 0 Å². The third-order valence-electron chi connectivity index (χ3n) is 1.74. The summed E-state index contributed by atoms with van der Waals surface area (Å²) in [6.45, 7) is 0.714. The zero-order valence-corrected chi connectivity index (χ0v) is 8.30. The molecule has 1 rings (SSSR count). The summed E-state index contributed by atoms with van der Waals surface area (Å²) >= 11 is 5.84. The lowest BCUT2D eigenvalue weighted by atomic mass is 10.1. The lowest BCUT2D eigenvalue weighted by Gasteiger charge is -1.96. The van der Waals surface area contributed by atoms with E-state index in [1.165, 1.54) is 5.56 Å². The third-order valence-corrected chi connectivity index (χ3v) is 1.98. The minimum atomic E-state index is 0.714. The molecule has 1 nitrogen and oxygen atoms in total. The second kappa shape index (κ2) is 5.79. The summed E-state index contributed by atoms with van der Waals surface area (Å²) in [6.07, 6.45) is 6.10. The van der Waals surface area contributed by atoms with Crippen LogP contribution in [0, 0.1) is 0 Å². The first kappa shape index (κ1) is 10.3. The van der Waals surface area contributed by atoms with Crippen molar-refractivity contribution in [3.8, 4) is 0 Å². The highest BCUT2D eigenvalue weighted by Gasteiger charge is 1.90. The lowest BCUT2D eigenvalue weighted by molar-refractivity contribution is 1.00. The average Bonchev–Trinajstić information content (AvgIpc) is 2.13. The molecule has 0 bridgehead atoms. The van der Waals surface area contributed by atoms with Gasteiger partial charge in [-0.2, -0.15) is 0 Å². The van der Waals surface area contributed by atoms with Crippen molar-refractivity contribution in [2.24, 2.45) is 5.73 Å². The molecule has 0 saturated heterocycles. The number of allylic oxidation sites excluding steroid dienone is 1. The molecule has 0 aromatic heterocycles. The molecule has 70 valence electrons. The van der Waals surface area contributed by atoms with Crippen molar-refractivity contribution >= 4 is 11.6 Å². The number of hydrogen-bond acceptors (Lipinski definition) is 1. The summed E-state index contributed by atoms with van der Waals surface area (Å²) in [6, 6.07) is 7.90. The highest BCUT2D eigenvalue weighted by atomic mass is 35.5. The van der Waals surface area contributed by atoms with Crippen LogP contribution >= 0.6 is 11.6 Å². The van der Waals surface area contributed by atoms with Crippen LogP contribution in [0.3, 0.4) is 0 Å². The van der Waals surface area contributed by atoms with Gasteiger partial charge in [-0.05, 0) is 37.1 Å². The molecule has 0 fully saturated rings. The Labute approximate surface area is 84.2 Å². The predicted molar refractivity (Wildman–Crippen MR) is 58.0 cm³/mol. The van der Waals surface area contributed by atoms with Gasteiger partial charge < -0.3 is 5.73 Å². The first-order chi connectivity index (χ1) is 6.33. The Morgan fingerprint density at radius 3 is 2.85 bits per heavy atom. The summed E-state index contributed by atoms with van der Waals surface area (Å²) in [5, 5.41) is 0.796. The summed E-state index contributed by atoms with van der Waals surface area (Å²) in [4.78, 5) is 0. The summed E-state index contributed by atoms with van der Waals surface area (Å²) < 4.78 is 0. The lowest BCUT2D eigenvalue weighted by Crippen LogP contribution is -1.95. The van der Waals surface area contributed by atoms with E-state index in [4.69, 9.17) is 17.3 Å². The molecule has 1 aromatic rings. The Kier molecular flexibility index (Phi) is 4.58. The summed E-state index contributed by atoms with van der Waals surface area (Å²) in [5.41, 5.74) is 6.60. The van der Waals surface area contributed by atoms with Crippen LogP contribution in [0.2, 0.25) is 5.02 Å². The van der Waals surface area contributed by atoms with E-state index in [2.05, 4.69) is 18.2 Å². The Balaban J connectivity index is 2.45. The van der Waals surface area contributed by atoms with Gasteiger partial charge >= 0.3 is 0 Å². The minimum Gasteiger partial charge on any atom is -0.330 e. The minimum absolute atomic E-state index is 0.714. The number of nitrogens with two attached hydrogens (primary N) is 1. The predicted octanol–water partition coefficient (Wildman–Crippen LogP) is 2.79. The Bertz CT molecular complexity index is 281. The molecule has 1 aromatic carbocycles. The molecule has 13 heavy (non-hydrogen) atoms. The molecular formula is C11H14ClN. The smallest absolute Gasteiger partial charge is 0.0408 e. The van der Waals surface area contributed by atoms with Crippen molar-refractivity contribution in [2.45, 2.75) is 12.8 Å². The van der Waals surface area contributed by atoms with Gasteiger partial charge in [-0.1, -0.05) is 35.9 Å². The fourth-order valence-corrected chi connectivity index (χ4v) is 1.31. The van der Waals surface area contributed by atoms with Gasteiger partial charge in [0.15, 0.2) is 0 Å². The zero-order valence-electron chi connectivity index (χ0n) is 7.54. The Hall–Kier alpha value is -0.790. The SMILES string of the molecule is NCCC=CCc1cccc(Cl)c1. The van der Waals surface area contributed by atoms with E-state index < -0.39 is 0 Å². The van der Waals surface area contributed by atoms with Crippen molar-refractivity contribution in [1.29, 1.82) is 0 Å². The fourth-order valence-electron chi connectivity index (χ4n) is 1.10. The van der Waals surface area contributed by atoms with Crippen LogP contribution in [-0.4, -0.2) is 6.54 Å². The molecule has 2 heteroatoms. The van der Waals surface area contributed by atoms with Crippen LogP contribution in [0.15, 0.2) is 36.4 Å². The normalized spacial score (nSPS) is 10.9. The summed E-state index contributed by atoms with van der Waals surface area (Å²) in [5.74, 6) is 0. The van der Waals surface area contributed by atoms with Crippen LogP contribution in [0.5, 0.6) is 0 Å². The van der Waals surface area contributed by atoms with Crippen LogP contribution in [0.4, 0.5) is 0 Å². The van der Waals surface area contributed by atoms with Crippen molar-refractivity contribution in [3.63, 3.8) is 0 Å². The van der Waals surface area contributed by atoms with Gasteiger partial charge in [0, 0.05) is 5.02 Å². The zero-order chi connectivity index (χ0) is 9.52. The topological polar surface area (TPSA) is 26.0 Å². The summed E-state index contributed by atoms with van der Waals surface area (Å²) in [7, 11) is 0. The second-order valence-corrected chi connectivity index (χ2v) is 3.32. The molecule has 0 aliphatic rings. The molecule has 0 aliphatic carbocycles. The molecular weight excluding hydrogens is 182 g/mol. The van der Waals surface area contributed by atoms with Crippen molar-refractivity contribution in [1.82, 2.24) is 0 Å². The average molecular weight is 196 g/mol. The quantitative estimate of drug-likeness (QED) is 0.735. The molecule has 0 amide bonds. The van der Waals surface area contributed by atoms with E-state index >= 15 is 0 Å². The highest BCUT2D eigenvalue weighted by Crippen LogP contribution is 2.11. The van der Waals surface area contributed by atoms with E-state index in [0.717, 1.165) is 17.9 Å². The van der Waals surface area contributed by atoms with Crippen LogP contribution in [-0.2, 0) is 6.42 Å². The molecule has 2 N–H and O–H groups in total. The Morgan fingerprint density at radius 2 is 2.15 bits per heavy atom. The molecule has 0 aliphatic heterocycles. The number of halogens is 1. The molecule has 0 heterocycles. The molecule has 0 saturated carbocycles. The number of benzene rings is 1. The van der Waals surface area contributed by atoms with E-state index in [1.807, 2.05) is 18.2 Å². The maximum absolute atomic E-state index is 5.84. The van der Waals surface area contributed by atoms with Crippen LogP contribution in [0.25, 0.3) is 0 Å². The van der Waals surface area contributed by atoms with Gasteiger partial charge in [-0.15, -0.1) is 0 Å². The number of hydrogen-bond donors (Lipinski definition) is 1. The standard InChI is InChI=1S/C11H14ClN/c12-11-7-4-6-10(9-11)5-2-1-3-8-13/h1-2,4,6-7,9H,3,5,8,13H2. The van der Waals surface area contributed by atoms with Gasteiger partial charge in [0.2, 0.25) is 0 Å².